The Labute approximate surface area is 160 Å². The molecule has 1 aliphatic heterocycles. The standard InChI is InChI=1S/C21H26N4O2/c1-27-19-6-3-2-5-16(19)17-13-18(17)20(26)25-11-7-15(8-12-25)14-24-21-22-9-4-10-23-21/h2-6,9-10,15,17-18H,7-8,11-14H2,1H3,(H,22,23,24). The summed E-state index contributed by atoms with van der Waals surface area (Å²) in [5, 5.41) is 3.30. The zero-order chi connectivity index (χ0) is 18.6. The number of benzene rings is 1. The quantitative estimate of drug-likeness (QED) is 0.851. The maximum atomic E-state index is 12.9. The Hall–Kier alpha value is -2.63. The third-order valence-electron chi connectivity index (χ3n) is 5.69. The van der Waals surface area contributed by atoms with Crippen LogP contribution in [0, 0.1) is 11.8 Å². The third kappa shape index (κ3) is 4.04. The lowest BCUT2D eigenvalue weighted by atomic mass is 9.96. The minimum absolute atomic E-state index is 0.119. The number of aromatic nitrogens is 2. The van der Waals surface area contributed by atoms with Crippen molar-refractivity contribution in [1.82, 2.24) is 14.9 Å². The van der Waals surface area contributed by atoms with Gasteiger partial charge in [-0.3, -0.25) is 4.79 Å². The van der Waals surface area contributed by atoms with Gasteiger partial charge in [0.1, 0.15) is 5.75 Å². The molecule has 0 radical (unpaired) electrons. The molecule has 27 heavy (non-hydrogen) atoms. The first kappa shape index (κ1) is 17.8. The van der Waals surface area contributed by atoms with Crippen LogP contribution in [0.3, 0.4) is 0 Å². The molecule has 142 valence electrons. The first-order valence-electron chi connectivity index (χ1n) is 9.69. The second-order valence-electron chi connectivity index (χ2n) is 7.41. The van der Waals surface area contributed by atoms with Crippen molar-refractivity contribution in [2.24, 2.45) is 11.8 Å². The van der Waals surface area contributed by atoms with Crippen molar-refractivity contribution in [2.45, 2.75) is 25.2 Å². The van der Waals surface area contributed by atoms with Gasteiger partial charge in [-0.1, -0.05) is 18.2 Å². The molecule has 1 aromatic carbocycles. The third-order valence-corrected chi connectivity index (χ3v) is 5.69. The van der Waals surface area contributed by atoms with E-state index in [1.807, 2.05) is 24.3 Å². The van der Waals surface area contributed by atoms with Gasteiger partial charge in [-0.25, -0.2) is 9.97 Å². The van der Waals surface area contributed by atoms with Crippen molar-refractivity contribution < 1.29 is 9.53 Å². The number of carbonyl (C=O) groups excluding carboxylic acids is 1. The van der Waals surface area contributed by atoms with Crippen molar-refractivity contribution in [3.05, 3.63) is 48.3 Å². The highest BCUT2D eigenvalue weighted by molar-refractivity contribution is 5.83. The summed E-state index contributed by atoms with van der Waals surface area (Å²) < 4.78 is 5.46. The fraction of sp³-hybridized carbons (Fsp3) is 0.476. The average Bonchev–Trinajstić information content (AvgIpc) is 3.53. The number of likely N-dealkylation sites (tertiary alicyclic amines) is 1. The number of piperidine rings is 1. The van der Waals surface area contributed by atoms with Gasteiger partial charge in [0, 0.05) is 37.9 Å². The van der Waals surface area contributed by atoms with E-state index in [0.717, 1.165) is 44.6 Å². The Bertz CT molecular complexity index is 775. The van der Waals surface area contributed by atoms with E-state index in [2.05, 4.69) is 26.3 Å². The highest BCUT2D eigenvalue weighted by atomic mass is 16.5. The first-order chi connectivity index (χ1) is 13.3. The molecule has 2 heterocycles. The van der Waals surface area contributed by atoms with Crippen LogP contribution in [0.5, 0.6) is 5.75 Å². The summed E-state index contributed by atoms with van der Waals surface area (Å²) in [6.07, 6.45) is 6.47. The molecule has 1 N–H and O–H groups in total. The van der Waals surface area contributed by atoms with E-state index in [-0.39, 0.29) is 5.92 Å². The molecule has 1 amide bonds. The lowest BCUT2D eigenvalue weighted by molar-refractivity contribution is -0.134. The van der Waals surface area contributed by atoms with E-state index in [0.29, 0.717) is 23.7 Å². The first-order valence-corrected chi connectivity index (χ1v) is 9.69. The highest BCUT2D eigenvalue weighted by Crippen LogP contribution is 2.51. The van der Waals surface area contributed by atoms with Crippen molar-refractivity contribution >= 4 is 11.9 Å². The van der Waals surface area contributed by atoms with Gasteiger partial charge in [0.15, 0.2) is 0 Å². The molecule has 0 bridgehead atoms. The Kier molecular flexibility index (Phi) is 5.23. The second-order valence-corrected chi connectivity index (χ2v) is 7.41. The Morgan fingerprint density at radius 1 is 1.19 bits per heavy atom. The van der Waals surface area contributed by atoms with Crippen molar-refractivity contribution in [3.8, 4) is 5.75 Å². The van der Waals surface area contributed by atoms with Gasteiger partial charge < -0.3 is 15.0 Å². The van der Waals surface area contributed by atoms with Gasteiger partial charge in [0.25, 0.3) is 0 Å². The van der Waals surface area contributed by atoms with Crippen LogP contribution in [-0.2, 0) is 4.79 Å². The molecule has 2 aliphatic rings. The normalized spacial score (nSPS) is 22.3. The molecule has 6 nitrogen and oxygen atoms in total. The van der Waals surface area contributed by atoms with Crippen LogP contribution in [0.1, 0.15) is 30.7 Å². The smallest absolute Gasteiger partial charge is 0.226 e. The zero-order valence-electron chi connectivity index (χ0n) is 15.7. The number of anilines is 1. The predicted molar refractivity (Wildman–Crippen MR) is 104 cm³/mol. The molecule has 6 heteroatoms. The molecule has 1 aliphatic carbocycles. The summed E-state index contributed by atoms with van der Waals surface area (Å²) in [6.45, 7) is 2.55. The van der Waals surface area contributed by atoms with E-state index in [1.54, 1.807) is 19.5 Å². The summed E-state index contributed by atoms with van der Waals surface area (Å²) in [5.74, 6) is 2.86. The molecule has 2 atom stereocenters. The maximum absolute atomic E-state index is 12.9. The maximum Gasteiger partial charge on any atom is 0.226 e. The lowest BCUT2D eigenvalue weighted by Gasteiger charge is -2.32. The zero-order valence-corrected chi connectivity index (χ0v) is 15.7. The van der Waals surface area contributed by atoms with E-state index < -0.39 is 0 Å². The molecule has 2 aromatic rings. The number of para-hydroxylation sites is 1. The fourth-order valence-electron chi connectivity index (χ4n) is 4.00. The molecule has 2 unspecified atom stereocenters. The molecular weight excluding hydrogens is 340 g/mol. The molecule has 4 rings (SSSR count). The number of carbonyl (C=O) groups is 1. The summed E-state index contributed by atoms with van der Waals surface area (Å²) in [4.78, 5) is 23.3. The summed E-state index contributed by atoms with van der Waals surface area (Å²) >= 11 is 0. The number of hydrogen-bond donors (Lipinski definition) is 1. The minimum Gasteiger partial charge on any atom is -0.496 e. The van der Waals surface area contributed by atoms with Crippen LogP contribution >= 0.6 is 0 Å². The van der Waals surface area contributed by atoms with Crippen LogP contribution in [0.4, 0.5) is 5.95 Å². The van der Waals surface area contributed by atoms with E-state index in [1.165, 1.54) is 5.56 Å². The number of nitrogens with one attached hydrogen (secondary N) is 1. The number of rotatable bonds is 6. The summed E-state index contributed by atoms with van der Waals surface area (Å²) in [6, 6.07) is 9.86. The van der Waals surface area contributed by atoms with Crippen LogP contribution in [-0.4, -0.2) is 47.5 Å². The number of nitrogens with zero attached hydrogens (tertiary/aromatic N) is 3. The van der Waals surface area contributed by atoms with Crippen molar-refractivity contribution in [3.63, 3.8) is 0 Å². The Balaban J connectivity index is 1.26. The van der Waals surface area contributed by atoms with Crippen LogP contribution in [0.15, 0.2) is 42.7 Å². The van der Waals surface area contributed by atoms with Gasteiger partial charge in [-0.2, -0.15) is 0 Å². The molecule has 1 aromatic heterocycles. The van der Waals surface area contributed by atoms with Crippen LogP contribution in [0.25, 0.3) is 0 Å². The second kappa shape index (κ2) is 7.94. The minimum atomic E-state index is 0.119. The van der Waals surface area contributed by atoms with E-state index in [4.69, 9.17) is 4.74 Å². The topological polar surface area (TPSA) is 67.3 Å². The van der Waals surface area contributed by atoms with Gasteiger partial charge in [-0.05, 0) is 48.8 Å². The van der Waals surface area contributed by atoms with E-state index >= 15 is 0 Å². The number of hydrogen-bond acceptors (Lipinski definition) is 5. The highest BCUT2D eigenvalue weighted by Gasteiger charge is 2.47. The lowest BCUT2D eigenvalue weighted by Crippen LogP contribution is -2.40. The van der Waals surface area contributed by atoms with Gasteiger partial charge in [-0.15, -0.1) is 0 Å². The van der Waals surface area contributed by atoms with Crippen molar-refractivity contribution in [2.75, 3.05) is 32.1 Å². The molecular formula is C21H26N4O2. The monoisotopic (exact) mass is 366 g/mol. The molecule has 1 saturated carbocycles. The van der Waals surface area contributed by atoms with E-state index in [9.17, 15) is 4.79 Å². The number of ether oxygens (including phenoxy) is 1. The molecule has 1 saturated heterocycles. The SMILES string of the molecule is COc1ccccc1C1CC1C(=O)N1CCC(CNc2ncccn2)CC1. The van der Waals surface area contributed by atoms with Gasteiger partial charge in [0.05, 0.1) is 7.11 Å². The molecule has 0 spiro atoms. The number of methoxy groups -OCH3 is 1. The van der Waals surface area contributed by atoms with Gasteiger partial charge >= 0.3 is 0 Å². The predicted octanol–water partition coefficient (Wildman–Crippen LogP) is 2.94. The summed E-state index contributed by atoms with van der Waals surface area (Å²) in [7, 11) is 1.69. The Morgan fingerprint density at radius 3 is 2.67 bits per heavy atom. The van der Waals surface area contributed by atoms with Crippen LogP contribution in [0.2, 0.25) is 0 Å². The number of amides is 1. The fourth-order valence-corrected chi connectivity index (χ4v) is 4.00. The molecule has 2 fully saturated rings. The average molecular weight is 366 g/mol. The van der Waals surface area contributed by atoms with Gasteiger partial charge in [0.2, 0.25) is 11.9 Å². The summed E-state index contributed by atoms with van der Waals surface area (Å²) in [5.41, 5.74) is 1.17. The Morgan fingerprint density at radius 2 is 1.93 bits per heavy atom. The van der Waals surface area contributed by atoms with Crippen LogP contribution < -0.4 is 10.1 Å². The van der Waals surface area contributed by atoms with Crippen molar-refractivity contribution in [1.29, 1.82) is 0 Å². The largest absolute Gasteiger partial charge is 0.496 e.